The van der Waals surface area contributed by atoms with Crippen molar-refractivity contribution < 1.29 is 33.5 Å². The summed E-state index contributed by atoms with van der Waals surface area (Å²) in [5, 5.41) is 41.5. The molecule has 72 heavy (non-hydrogen) atoms. The van der Waals surface area contributed by atoms with Gasteiger partial charge in [-0.1, -0.05) is 61.3 Å². The number of hydrogen-bond donors (Lipinski definition) is 6. The SMILES string of the molecule is CC.CNCC(O)COc1cccc(-c2nc(NC3CCCC3)c(C)c(-c3c(C)noc3C)n2)c1.CNCC(O)COc1cccc(-c2nc(NC3CCN(C4COC4)C3)c(C)c(-c3c(C)noc3C)n2)c1. The number of aliphatic hydroxyl groups excluding tert-OH is 2. The number of likely N-dealkylation sites (N-methyl/N-ethyl adjacent to an activating group) is 2. The van der Waals surface area contributed by atoms with Crippen LogP contribution in [0.2, 0.25) is 0 Å². The highest BCUT2D eigenvalue weighted by Gasteiger charge is 2.33. The average Bonchev–Trinajstić information content (AvgIpc) is 4.19. The van der Waals surface area contributed by atoms with Gasteiger partial charge in [0.15, 0.2) is 11.6 Å². The average molecular weight is 990 g/mol. The number of hydrogen-bond acceptors (Lipinski definition) is 18. The lowest BCUT2D eigenvalue weighted by Gasteiger charge is -2.34. The van der Waals surface area contributed by atoms with E-state index in [-0.39, 0.29) is 13.2 Å². The molecule has 2 saturated heterocycles. The number of benzene rings is 2. The molecule has 0 radical (unpaired) electrons. The van der Waals surface area contributed by atoms with E-state index in [1.165, 1.54) is 12.8 Å². The largest absolute Gasteiger partial charge is 0.491 e. The Bertz CT molecular complexity index is 2640. The number of aryl methyl sites for hydroxylation is 4. The van der Waals surface area contributed by atoms with Crippen LogP contribution >= 0.6 is 0 Å². The number of nitrogens with zero attached hydrogens (tertiary/aromatic N) is 7. The van der Waals surface area contributed by atoms with E-state index in [2.05, 4.69) is 36.5 Å². The van der Waals surface area contributed by atoms with Crippen molar-refractivity contribution in [1.29, 1.82) is 0 Å². The van der Waals surface area contributed by atoms with Gasteiger partial charge in [-0.25, -0.2) is 19.9 Å². The molecule has 18 heteroatoms. The Labute approximate surface area is 424 Å². The first-order chi connectivity index (χ1) is 34.9. The van der Waals surface area contributed by atoms with Crippen molar-refractivity contribution in [1.82, 2.24) is 45.8 Å². The van der Waals surface area contributed by atoms with E-state index in [0.29, 0.717) is 54.4 Å². The molecule has 1 saturated carbocycles. The van der Waals surface area contributed by atoms with E-state index in [1.54, 1.807) is 14.1 Å². The molecule has 3 fully saturated rings. The summed E-state index contributed by atoms with van der Waals surface area (Å²) in [5.74, 6) is 5.64. The van der Waals surface area contributed by atoms with Crippen LogP contribution in [0.4, 0.5) is 11.6 Å². The van der Waals surface area contributed by atoms with Crippen LogP contribution in [0.5, 0.6) is 11.5 Å². The van der Waals surface area contributed by atoms with Gasteiger partial charge in [-0.2, -0.15) is 0 Å². The fraction of sp³-hybridized carbons (Fsp3) is 0.519. The summed E-state index contributed by atoms with van der Waals surface area (Å²) in [6, 6.07) is 16.6. The van der Waals surface area contributed by atoms with Crippen LogP contribution in [0.3, 0.4) is 0 Å². The van der Waals surface area contributed by atoms with E-state index in [9.17, 15) is 10.2 Å². The van der Waals surface area contributed by atoms with Gasteiger partial charge in [-0.3, -0.25) is 4.90 Å². The minimum absolute atomic E-state index is 0.195. The third-order valence-electron chi connectivity index (χ3n) is 13.2. The van der Waals surface area contributed by atoms with E-state index >= 15 is 0 Å². The molecule has 1 aliphatic carbocycles. The summed E-state index contributed by atoms with van der Waals surface area (Å²) in [5.41, 5.74) is 8.67. The predicted octanol–water partition coefficient (Wildman–Crippen LogP) is 7.63. The van der Waals surface area contributed by atoms with Gasteiger partial charge in [0.05, 0.1) is 53.2 Å². The van der Waals surface area contributed by atoms with Crippen molar-refractivity contribution in [3.8, 4) is 56.8 Å². The Hall–Kier alpha value is -6.02. The van der Waals surface area contributed by atoms with Gasteiger partial charge in [-0.05, 0) is 99.2 Å². The summed E-state index contributed by atoms with van der Waals surface area (Å²) in [7, 11) is 3.60. The summed E-state index contributed by atoms with van der Waals surface area (Å²) in [6.45, 7) is 20.8. The topological polar surface area (TPSA) is 223 Å². The normalized spacial score (nSPS) is 16.8. The molecule has 18 nitrogen and oxygen atoms in total. The molecule has 388 valence electrons. The number of aromatic nitrogens is 6. The van der Waals surface area contributed by atoms with Crippen molar-refractivity contribution in [2.45, 2.75) is 118 Å². The van der Waals surface area contributed by atoms with Crippen molar-refractivity contribution in [3.63, 3.8) is 0 Å². The Balaban J connectivity index is 0.000000206. The second-order valence-corrected chi connectivity index (χ2v) is 18.7. The lowest BCUT2D eigenvalue weighted by atomic mass is 10.0. The van der Waals surface area contributed by atoms with Crippen LogP contribution in [0.25, 0.3) is 45.3 Å². The monoisotopic (exact) mass is 990 g/mol. The lowest BCUT2D eigenvalue weighted by molar-refractivity contribution is -0.0571. The highest BCUT2D eigenvalue weighted by atomic mass is 16.5. The fourth-order valence-electron chi connectivity index (χ4n) is 9.25. The first kappa shape index (κ1) is 53.8. The molecule has 4 aromatic heterocycles. The Morgan fingerprint density at radius 1 is 0.653 bits per heavy atom. The molecule has 0 bridgehead atoms. The minimum atomic E-state index is -0.594. The Morgan fingerprint density at radius 3 is 1.54 bits per heavy atom. The van der Waals surface area contributed by atoms with Crippen LogP contribution in [0.1, 0.15) is 80.0 Å². The van der Waals surface area contributed by atoms with Gasteiger partial charge in [0.1, 0.15) is 60.1 Å². The number of likely N-dealkylation sites (tertiary alicyclic amines) is 1. The molecule has 2 aromatic carbocycles. The smallest absolute Gasteiger partial charge is 0.162 e. The number of nitrogens with one attached hydrogen (secondary N) is 4. The summed E-state index contributed by atoms with van der Waals surface area (Å²) in [4.78, 5) is 22.3. The summed E-state index contributed by atoms with van der Waals surface area (Å²) < 4.78 is 27.9. The van der Waals surface area contributed by atoms with Crippen LogP contribution in [0.15, 0.2) is 57.6 Å². The maximum Gasteiger partial charge on any atom is 0.162 e. The highest BCUT2D eigenvalue weighted by Crippen LogP contribution is 2.37. The fourth-order valence-corrected chi connectivity index (χ4v) is 9.25. The van der Waals surface area contributed by atoms with Gasteiger partial charge in [0, 0.05) is 60.5 Å². The third-order valence-corrected chi connectivity index (χ3v) is 13.2. The van der Waals surface area contributed by atoms with Crippen LogP contribution < -0.4 is 30.7 Å². The first-order valence-electron chi connectivity index (χ1n) is 25.5. The second kappa shape index (κ2) is 25.6. The van der Waals surface area contributed by atoms with Crippen molar-refractivity contribution >= 4 is 11.6 Å². The summed E-state index contributed by atoms with van der Waals surface area (Å²) >= 11 is 0. The maximum atomic E-state index is 10.0. The molecule has 3 unspecified atom stereocenters. The Morgan fingerprint density at radius 2 is 1.12 bits per heavy atom. The second-order valence-electron chi connectivity index (χ2n) is 18.7. The lowest BCUT2D eigenvalue weighted by Crippen LogP contribution is -2.48. The van der Waals surface area contributed by atoms with Gasteiger partial charge in [0.2, 0.25) is 0 Å². The van der Waals surface area contributed by atoms with Crippen LogP contribution in [0, 0.1) is 41.5 Å². The molecule has 3 aliphatic rings. The summed E-state index contributed by atoms with van der Waals surface area (Å²) in [6.07, 6.45) is 4.66. The van der Waals surface area contributed by atoms with Crippen LogP contribution in [-0.2, 0) is 4.74 Å². The number of ether oxygens (including phenoxy) is 3. The third kappa shape index (κ3) is 13.3. The molecule has 0 spiro atoms. The van der Waals surface area contributed by atoms with Crippen molar-refractivity contribution in [2.75, 3.05) is 77.3 Å². The molecule has 9 rings (SSSR count). The van der Waals surface area contributed by atoms with Crippen molar-refractivity contribution in [2.24, 2.45) is 0 Å². The minimum Gasteiger partial charge on any atom is -0.491 e. The van der Waals surface area contributed by atoms with E-state index in [0.717, 1.165) is 125 Å². The first-order valence-corrected chi connectivity index (χ1v) is 25.5. The van der Waals surface area contributed by atoms with Gasteiger partial charge < -0.3 is 54.7 Å². The van der Waals surface area contributed by atoms with Crippen molar-refractivity contribution in [3.05, 3.63) is 82.6 Å². The maximum absolute atomic E-state index is 10.0. The molecule has 2 aliphatic heterocycles. The van der Waals surface area contributed by atoms with Gasteiger partial charge >= 0.3 is 0 Å². The zero-order valence-electron chi connectivity index (χ0n) is 43.8. The van der Waals surface area contributed by atoms with E-state index in [1.807, 2.05) is 104 Å². The van der Waals surface area contributed by atoms with E-state index in [4.69, 9.17) is 43.2 Å². The molecule has 6 aromatic rings. The number of aliphatic hydroxyl groups is 2. The van der Waals surface area contributed by atoms with E-state index < -0.39 is 12.2 Å². The molecular weight excluding hydrogens is 915 g/mol. The zero-order chi connectivity index (χ0) is 51.3. The Kier molecular flexibility index (Phi) is 19.1. The standard InChI is InChI=1S/C27H36N6O4.C25H33N5O3.C2H6/c1-16-25(24-17(2)32-37-18(24)3)30-27(19-6-5-7-23(10-19)36-15-22(34)11-28-4)31-26(16)29-20-8-9-33(12-20)21-13-35-14-21;1-15-23(22-16(2)30-33-17(22)3)28-25(29-24(15)27-19-9-5-6-10-19)18-8-7-11-21(12-18)32-14-20(31)13-26-4;1-2/h5-7,10,20-22,28,34H,8-9,11-15H2,1-4H3,(H,29,30,31);7-8,11-12,19-20,26,31H,5-6,9-10,13-14H2,1-4H3,(H,27,28,29);1-2H3. The highest BCUT2D eigenvalue weighted by molar-refractivity contribution is 5.76. The molecular formula is C54H75N11O7. The predicted molar refractivity (Wildman–Crippen MR) is 281 cm³/mol. The number of rotatable bonds is 19. The molecule has 0 amide bonds. The van der Waals surface area contributed by atoms with Crippen LogP contribution in [-0.4, -0.2) is 142 Å². The molecule has 6 heterocycles. The quantitative estimate of drug-likeness (QED) is 0.0459. The number of anilines is 2. The molecule has 6 N–H and O–H groups in total. The molecule has 3 atom stereocenters. The zero-order valence-corrected chi connectivity index (χ0v) is 43.8. The van der Waals surface area contributed by atoms with Gasteiger partial charge in [-0.15, -0.1) is 0 Å². The van der Waals surface area contributed by atoms with Gasteiger partial charge in [0.25, 0.3) is 0 Å².